The summed E-state index contributed by atoms with van der Waals surface area (Å²) in [6.07, 6.45) is -0.0817. The number of nitrogens with zero attached hydrogens (tertiary/aromatic N) is 1. The number of benzene rings is 1. The molecule has 1 N–H and O–H groups in total. The van der Waals surface area contributed by atoms with Crippen molar-refractivity contribution < 1.29 is 27.6 Å². The quantitative estimate of drug-likeness (QED) is 0.573. The van der Waals surface area contributed by atoms with Gasteiger partial charge in [0.2, 0.25) is 11.8 Å². The van der Waals surface area contributed by atoms with E-state index in [0.29, 0.717) is 10.9 Å². The van der Waals surface area contributed by atoms with Crippen LogP contribution in [0.1, 0.15) is 27.4 Å². The maximum absolute atomic E-state index is 13.5. The SMILES string of the molecule is Cc1ccc(C(=O)CCC(=O)N(C)CC(=O)Nc2ccc(F)c(F)c2F)s1. The first-order valence-electron chi connectivity index (χ1n) is 7.96. The second-order valence-electron chi connectivity index (χ2n) is 5.85. The van der Waals surface area contributed by atoms with Crippen LogP contribution in [-0.2, 0) is 9.59 Å². The van der Waals surface area contributed by atoms with E-state index in [1.807, 2.05) is 13.0 Å². The number of hydrogen-bond acceptors (Lipinski definition) is 4. The lowest BCUT2D eigenvalue weighted by atomic mass is 10.2. The van der Waals surface area contributed by atoms with Crippen molar-refractivity contribution in [1.82, 2.24) is 4.90 Å². The summed E-state index contributed by atoms with van der Waals surface area (Å²) >= 11 is 1.34. The van der Waals surface area contributed by atoms with Gasteiger partial charge < -0.3 is 10.2 Å². The largest absolute Gasteiger partial charge is 0.336 e. The fraction of sp³-hybridized carbons (Fsp3) is 0.278. The first-order valence-corrected chi connectivity index (χ1v) is 8.77. The van der Waals surface area contributed by atoms with Gasteiger partial charge in [0.15, 0.2) is 23.2 Å². The van der Waals surface area contributed by atoms with E-state index < -0.39 is 41.5 Å². The summed E-state index contributed by atoms with van der Waals surface area (Å²) in [6, 6.07) is 5.07. The maximum atomic E-state index is 13.5. The van der Waals surface area contributed by atoms with E-state index in [1.54, 1.807) is 6.07 Å². The van der Waals surface area contributed by atoms with Gasteiger partial charge in [-0.05, 0) is 31.2 Å². The van der Waals surface area contributed by atoms with E-state index >= 15 is 0 Å². The average Bonchev–Trinajstić information content (AvgIpc) is 3.06. The zero-order valence-corrected chi connectivity index (χ0v) is 15.5. The Labute approximate surface area is 157 Å². The molecule has 0 aliphatic heterocycles. The van der Waals surface area contributed by atoms with Crippen molar-refractivity contribution in [2.45, 2.75) is 19.8 Å². The molecule has 0 bridgehead atoms. The zero-order chi connectivity index (χ0) is 20.1. The van der Waals surface area contributed by atoms with Gasteiger partial charge >= 0.3 is 0 Å². The van der Waals surface area contributed by atoms with Gasteiger partial charge in [0.25, 0.3) is 0 Å². The lowest BCUT2D eigenvalue weighted by Crippen LogP contribution is -2.35. The third-order valence-electron chi connectivity index (χ3n) is 3.70. The van der Waals surface area contributed by atoms with Crippen molar-refractivity contribution in [3.05, 3.63) is 51.5 Å². The number of nitrogens with one attached hydrogen (secondary N) is 1. The van der Waals surface area contributed by atoms with Crippen LogP contribution in [0.4, 0.5) is 18.9 Å². The molecule has 0 aliphatic rings. The molecular weight excluding hydrogens is 381 g/mol. The molecule has 9 heteroatoms. The van der Waals surface area contributed by atoms with Crippen molar-refractivity contribution in [3.63, 3.8) is 0 Å². The van der Waals surface area contributed by atoms with Gasteiger partial charge in [-0.2, -0.15) is 0 Å². The summed E-state index contributed by atoms with van der Waals surface area (Å²) < 4.78 is 39.6. The number of aryl methyl sites for hydroxylation is 1. The van der Waals surface area contributed by atoms with Gasteiger partial charge in [0, 0.05) is 24.8 Å². The summed E-state index contributed by atoms with van der Waals surface area (Å²) in [7, 11) is 1.35. The molecule has 0 spiro atoms. The van der Waals surface area contributed by atoms with Gasteiger partial charge in [0.05, 0.1) is 17.1 Å². The monoisotopic (exact) mass is 398 g/mol. The number of Topliss-reactive ketones (excluding diaryl/α,β-unsaturated/α-hetero) is 1. The van der Waals surface area contributed by atoms with Crippen LogP contribution in [0.5, 0.6) is 0 Å². The van der Waals surface area contributed by atoms with E-state index in [1.165, 1.54) is 18.4 Å². The molecule has 0 saturated heterocycles. The third kappa shape index (κ3) is 5.40. The van der Waals surface area contributed by atoms with Crippen LogP contribution >= 0.6 is 11.3 Å². The molecule has 1 aromatic heterocycles. The van der Waals surface area contributed by atoms with Gasteiger partial charge in [-0.3, -0.25) is 14.4 Å². The van der Waals surface area contributed by atoms with Gasteiger partial charge in [-0.25, -0.2) is 13.2 Å². The second kappa shape index (κ2) is 8.81. The number of thiophene rings is 1. The predicted molar refractivity (Wildman–Crippen MR) is 95.2 cm³/mol. The highest BCUT2D eigenvalue weighted by Gasteiger charge is 2.18. The maximum Gasteiger partial charge on any atom is 0.244 e. The Morgan fingerprint density at radius 3 is 2.37 bits per heavy atom. The Morgan fingerprint density at radius 2 is 1.74 bits per heavy atom. The summed E-state index contributed by atoms with van der Waals surface area (Å²) in [6.45, 7) is 1.44. The number of amides is 2. The number of hydrogen-bond donors (Lipinski definition) is 1. The smallest absolute Gasteiger partial charge is 0.244 e. The lowest BCUT2D eigenvalue weighted by Gasteiger charge is -2.17. The Balaban J connectivity index is 1.85. The molecular formula is C18H17F3N2O3S. The number of carbonyl (C=O) groups is 3. The van der Waals surface area contributed by atoms with Crippen molar-refractivity contribution in [2.75, 3.05) is 18.9 Å². The van der Waals surface area contributed by atoms with Crippen LogP contribution in [0.25, 0.3) is 0 Å². The minimum atomic E-state index is -1.69. The molecule has 2 rings (SSSR count). The molecule has 2 amide bonds. The van der Waals surface area contributed by atoms with Crippen LogP contribution in [0.15, 0.2) is 24.3 Å². The first kappa shape index (κ1) is 20.6. The number of carbonyl (C=O) groups excluding carboxylic acids is 3. The van der Waals surface area contributed by atoms with Crippen molar-refractivity contribution in [2.24, 2.45) is 0 Å². The Kier molecular flexibility index (Phi) is 6.73. The minimum absolute atomic E-state index is 0.00253. The van der Waals surface area contributed by atoms with E-state index in [9.17, 15) is 27.6 Å². The lowest BCUT2D eigenvalue weighted by molar-refractivity contribution is -0.133. The van der Waals surface area contributed by atoms with E-state index in [4.69, 9.17) is 0 Å². The molecule has 0 aliphatic carbocycles. The molecule has 1 aromatic carbocycles. The molecule has 0 saturated carbocycles. The standard InChI is InChI=1S/C18H17F3N2O3S/c1-10-3-7-14(27-10)13(24)6-8-16(26)23(2)9-15(25)22-12-5-4-11(19)17(20)18(12)21/h3-5,7H,6,8-9H2,1-2H3,(H,22,25). The molecule has 0 unspecified atom stereocenters. The van der Waals surface area contributed by atoms with Crippen LogP contribution in [-0.4, -0.2) is 36.1 Å². The molecule has 0 atom stereocenters. The highest BCUT2D eigenvalue weighted by Crippen LogP contribution is 2.20. The Morgan fingerprint density at radius 1 is 1.04 bits per heavy atom. The highest BCUT2D eigenvalue weighted by molar-refractivity contribution is 7.14. The van der Waals surface area contributed by atoms with Crippen LogP contribution in [0.2, 0.25) is 0 Å². The van der Waals surface area contributed by atoms with Gasteiger partial charge in [0.1, 0.15) is 0 Å². The van der Waals surface area contributed by atoms with Gasteiger partial charge in [-0.15, -0.1) is 11.3 Å². The summed E-state index contributed by atoms with van der Waals surface area (Å²) in [5.74, 6) is -5.98. The fourth-order valence-corrected chi connectivity index (χ4v) is 3.07. The summed E-state index contributed by atoms with van der Waals surface area (Å²) in [5.41, 5.74) is -0.525. The average molecular weight is 398 g/mol. The number of halogens is 3. The molecule has 144 valence electrons. The van der Waals surface area contributed by atoms with E-state index in [2.05, 4.69) is 5.32 Å². The normalized spacial score (nSPS) is 10.6. The Bertz CT molecular complexity index is 883. The molecule has 27 heavy (non-hydrogen) atoms. The van der Waals surface area contributed by atoms with Crippen LogP contribution in [0.3, 0.4) is 0 Å². The zero-order valence-electron chi connectivity index (χ0n) is 14.6. The third-order valence-corrected chi connectivity index (χ3v) is 4.74. The second-order valence-corrected chi connectivity index (χ2v) is 7.14. The molecule has 0 radical (unpaired) electrons. The van der Waals surface area contributed by atoms with Crippen LogP contribution < -0.4 is 5.32 Å². The first-order chi connectivity index (χ1) is 12.7. The van der Waals surface area contributed by atoms with E-state index in [-0.39, 0.29) is 18.6 Å². The van der Waals surface area contributed by atoms with Crippen molar-refractivity contribution in [3.8, 4) is 0 Å². The number of likely N-dealkylation sites (N-methyl/N-ethyl adjacent to an activating group) is 1. The molecule has 2 aromatic rings. The fourth-order valence-electron chi connectivity index (χ4n) is 2.23. The highest BCUT2D eigenvalue weighted by atomic mass is 32.1. The van der Waals surface area contributed by atoms with E-state index in [0.717, 1.165) is 15.8 Å². The number of rotatable bonds is 7. The molecule has 0 fully saturated rings. The van der Waals surface area contributed by atoms with Gasteiger partial charge in [-0.1, -0.05) is 0 Å². The van der Waals surface area contributed by atoms with Crippen LogP contribution in [0, 0.1) is 24.4 Å². The van der Waals surface area contributed by atoms with Crippen molar-refractivity contribution in [1.29, 1.82) is 0 Å². The topological polar surface area (TPSA) is 66.5 Å². The van der Waals surface area contributed by atoms with Crippen molar-refractivity contribution >= 4 is 34.6 Å². The molecule has 5 nitrogen and oxygen atoms in total. The number of ketones is 1. The number of anilines is 1. The molecule has 1 heterocycles. The Hall–Kier alpha value is -2.68. The summed E-state index contributed by atoms with van der Waals surface area (Å²) in [5, 5.41) is 2.08. The predicted octanol–water partition coefficient (Wildman–Crippen LogP) is 3.53. The minimum Gasteiger partial charge on any atom is -0.336 e. The summed E-state index contributed by atoms with van der Waals surface area (Å²) in [4.78, 5) is 38.6.